The van der Waals surface area contributed by atoms with Gasteiger partial charge in [-0.2, -0.15) is 0 Å². The average molecular weight is 376 g/mol. The van der Waals surface area contributed by atoms with Gasteiger partial charge in [0.25, 0.3) is 0 Å². The lowest BCUT2D eigenvalue weighted by atomic mass is 10.2. The summed E-state index contributed by atoms with van der Waals surface area (Å²) in [5.74, 6) is 1.29. The lowest BCUT2D eigenvalue weighted by Gasteiger charge is -2.23. The van der Waals surface area contributed by atoms with Gasteiger partial charge in [-0.3, -0.25) is 9.69 Å². The Kier molecular flexibility index (Phi) is 7.66. The minimum Gasteiger partial charge on any atom is -0.353 e. The second-order valence-electron chi connectivity index (χ2n) is 6.81. The van der Waals surface area contributed by atoms with E-state index in [2.05, 4.69) is 58.1 Å². The number of amides is 1. The van der Waals surface area contributed by atoms with Crippen LogP contribution in [-0.4, -0.2) is 51.5 Å². The van der Waals surface area contributed by atoms with E-state index in [0.717, 1.165) is 17.4 Å². The van der Waals surface area contributed by atoms with Crippen LogP contribution in [0, 0.1) is 0 Å². The highest BCUT2D eigenvalue weighted by Crippen LogP contribution is 2.26. The molecule has 0 radical (unpaired) electrons. The maximum Gasteiger partial charge on any atom is 0.230 e. The molecule has 0 saturated carbocycles. The van der Waals surface area contributed by atoms with Gasteiger partial charge in [0.2, 0.25) is 5.91 Å². The molecule has 7 heteroatoms. The number of benzene rings is 1. The van der Waals surface area contributed by atoms with Gasteiger partial charge in [0.15, 0.2) is 11.0 Å². The summed E-state index contributed by atoms with van der Waals surface area (Å²) >= 11 is 1.44. The molecule has 0 aliphatic heterocycles. The Morgan fingerprint density at radius 2 is 1.92 bits per heavy atom. The van der Waals surface area contributed by atoms with Crippen molar-refractivity contribution in [2.45, 2.75) is 51.0 Å². The van der Waals surface area contributed by atoms with Crippen molar-refractivity contribution in [1.29, 1.82) is 0 Å². The number of thioether (sulfide) groups is 1. The molecular formula is C19H29N5OS. The van der Waals surface area contributed by atoms with Crippen LogP contribution in [0.25, 0.3) is 0 Å². The average Bonchev–Trinajstić information content (AvgIpc) is 2.96. The van der Waals surface area contributed by atoms with Crippen molar-refractivity contribution >= 4 is 17.7 Å². The Hall–Kier alpha value is -1.86. The molecule has 0 aliphatic rings. The van der Waals surface area contributed by atoms with E-state index < -0.39 is 0 Å². The van der Waals surface area contributed by atoms with Gasteiger partial charge < -0.3 is 9.88 Å². The van der Waals surface area contributed by atoms with Crippen LogP contribution in [0.4, 0.5) is 0 Å². The molecule has 2 rings (SSSR count). The van der Waals surface area contributed by atoms with Crippen LogP contribution in [0.3, 0.4) is 0 Å². The normalized spacial score (nSPS) is 12.6. The monoisotopic (exact) mass is 375 g/mol. The molecule has 26 heavy (non-hydrogen) atoms. The van der Waals surface area contributed by atoms with Crippen LogP contribution in [0.1, 0.15) is 44.6 Å². The fraction of sp³-hybridized carbons (Fsp3) is 0.526. The predicted molar refractivity (Wildman–Crippen MR) is 106 cm³/mol. The second-order valence-corrected chi connectivity index (χ2v) is 7.75. The van der Waals surface area contributed by atoms with Crippen LogP contribution in [0.5, 0.6) is 0 Å². The molecule has 0 bridgehead atoms. The fourth-order valence-corrected chi connectivity index (χ4v) is 3.60. The van der Waals surface area contributed by atoms with E-state index in [4.69, 9.17) is 0 Å². The Labute approximate surface area is 160 Å². The summed E-state index contributed by atoms with van der Waals surface area (Å²) in [4.78, 5) is 14.2. The molecule has 1 aromatic carbocycles. The summed E-state index contributed by atoms with van der Waals surface area (Å²) in [6.45, 7) is 6.76. The van der Waals surface area contributed by atoms with E-state index in [1.807, 2.05) is 32.0 Å². The van der Waals surface area contributed by atoms with E-state index in [9.17, 15) is 4.79 Å². The molecule has 1 atom stereocenters. The van der Waals surface area contributed by atoms with Crippen LogP contribution < -0.4 is 5.32 Å². The Morgan fingerprint density at radius 3 is 2.50 bits per heavy atom. The van der Waals surface area contributed by atoms with E-state index in [1.54, 1.807) is 0 Å². The minimum atomic E-state index is 0.0143. The van der Waals surface area contributed by atoms with Crippen LogP contribution in [0.15, 0.2) is 35.5 Å². The van der Waals surface area contributed by atoms with Gasteiger partial charge in [-0.1, -0.05) is 49.0 Å². The molecule has 2 aromatic rings. The predicted octanol–water partition coefficient (Wildman–Crippen LogP) is 2.96. The Balaban J connectivity index is 2.26. The maximum atomic E-state index is 12.0. The zero-order valence-electron chi connectivity index (χ0n) is 16.3. The topological polar surface area (TPSA) is 63.1 Å². The van der Waals surface area contributed by atoms with E-state index in [-0.39, 0.29) is 18.0 Å². The smallest absolute Gasteiger partial charge is 0.230 e. The molecule has 1 N–H and O–H groups in total. The molecule has 142 valence electrons. The van der Waals surface area contributed by atoms with Gasteiger partial charge in [-0.15, -0.1) is 10.2 Å². The summed E-state index contributed by atoms with van der Waals surface area (Å²) < 4.78 is 2.14. The SMILES string of the molecule is CC[C@H](c1nnc(SCC(=O)NC(C)C)n1Cc1ccccc1)N(C)C. The first-order chi connectivity index (χ1) is 12.4. The lowest BCUT2D eigenvalue weighted by molar-refractivity contribution is -0.119. The first-order valence-electron chi connectivity index (χ1n) is 8.98. The highest BCUT2D eigenvalue weighted by atomic mass is 32.2. The molecule has 0 unspecified atom stereocenters. The van der Waals surface area contributed by atoms with Gasteiger partial charge in [0, 0.05) is 6.04 Å². The number of carbonyl (C=O) groups excluding carboxylic acids is 1. The molecule has 6 nitrogen and oxygen atoms in total. The molecule has 0 saturated heterocycles. The third-order valence-electron chi connectivity index (χ3n) is 4.02. The molecule has 1 aromatic heterocycles. The first kappa shape index (κ1) is 20.5. The number of nitrogens with zero attached hydrogens (tertiary/aromatic N) is 4. The van der Waals surface area contributed by atoms with Gasteiger partial charge in [0.05, 0.1) is 18.3 Å². The van der Waals surface area contributed by atoms with E-state index in [0.29, 0.717) is 12.3 Å². The zero-order chi connectivity index (χ0) is 19.1. The number of nitrogens with one attached hydrogen (secondary N) is 1. The van der Waals surface area contributed by atoms with E-state index >= 15 is 0 Å². The number of rotatable bonds is 9. The zero-order valence-corrected chi connectivity index (χ0v) is 17.1. The molecule has 0 spiro atoms. The Bertz CT molecular complexity index is 699. The van der Waals surface area contributed by atoms with Crippen molar-refractivity contribution in [2.24, 2.45) is 0 Å². The molecule has 0 aliphatic carbocycles. The van der Waals surface area contributed by atoms with Crippen molar-refractivity contribution in [3.63, 3.8) is 0 Å². The van der Waals surface area contributed by atoms with Crippen LogP contribution in [0.2, 0.25) is 0 Å². The van der Waals surface area contributed by atoms with Crippen molar-refractivity contribution in [2.75, 3.05) is 19.8 Å². The van der Waals surface area contributed by atoms with Crippen LogP contribution in [-0.2, 0) is 11.3 Å². The molecule has 0 fully saturated rings. The third-order valence-corrected chi connectivity index (χ3v) is 4.99. The van der Waals surface area contributed by atoms with Gasteiger partial charge in [0.1, 0.15) is 0 Å². The van der Waals surface area contributed by atoms with Crippen LogP contribution >= 0.6 is 11.8 Å². The largest absolute Gasteiger partial charge is 0.353 e. The molecule has 1 heterocycles. The Morgan fingerprint density at radius 1 is 1.23 bits per heavy atom. The summed E-state index contributed by atoms with van der Waals surface area (Å²) in [7, 11) is 4.11. The summed E-state index contributed by atoms with van der Waals surface area (Å²) in [5.41, 5.74) is 1.19. The van der Waals surface area contributed by atoms with Gasteiger partial charge in [-0.05, 0) is 39.9 Å². The third kappa shape index (κ3) is 5.57. The van der Waals surface area contributed by atoms with Gasteiger partial charge in [-0.25, -0.2) is 0 Å². The minimum absolute atomic E-state index is 0.0143. The van der Waals surface area contributed by atoms with E-state index in [1.165, 1.54) is 17.3 Å². The summed E-state index contributed by atoms with van der Waals surface area (Å²) in [5, 5.41) is 12.5. The fourth-order valence-electron chi connectivity index (χ4n) is 2.84. The highest BCUT2D eigenvalue weighted by molar-refractivity contribution is 7.99. The first-order valence-corrected chi connectivity index (χ1v) is 9.96. The molecular weight excluding hydrogens is 346 g/mol. The maximum absolute atomic E-state index is 12.0. The van der Waals surface area contributed by atoms with Crippen molar-refractivity contribution in [1.82, 2.24) is 25.0 Å². The standard InChI is InChI=1S/C19H29N5OS/c1-6-16(23(4)5)18-21-22-19(26-13-17(25)20-14(2)3)24(18)12-15-10-8-7-9-11-15/h7-11,14,16H,6,12-13H2,1-5H3,(H,20,25)/t16-/m1/s1. The number of hydrogen-bond acceptors (Lipinski definition) is 5. The molecule has 1 amide bonds. The summed E-state index contributed by atoms with van der Waals surface area (Å²) in [6.07, 6.45) is 0.943. The van der Waals surface area contributed by atoms with Crippen molar-refractivity contribution in [3.05, 3.63) is 41.7 Å². The number of carbonyl (C=O) groups is 1. The highest BCUT2D eigenvalue weighted by Gasteiger charge is 2.22. The summed E-state index contributed by atoms with van der Waals surface area (Å²) in [6, 6.07) is 10.6. The quantitative estimate of drug-likeness (QED) is 0.683. The second kappa shape index (κ2) is 9.73. The van der Waals surface area contributed by atoms with Gasteiger partial charge >= 0.3 is 0 Å². The van der Waals surface area contributed by atoms with Crippen molar-refractivity contribution in [3.8, 4) is 0 Å². The number of hydrogen-bond donors (Lipinski definition) is 1. The van der Waals surface area contributed by atoms with Crippen molar-refractivity contribution < 1.29 is 4.79 Å². The lowest BCUT2D eigenvalue weighted by Crippen LogP contribution is -2.31. The number of aromatic nitrogens is 3.